The molecule has 34 heavy (non-hydrogen) atoms. The fourth-order valence-corrected chi connectivity index (χ4v) is 3.74. The molecule has 0 radical (unpaired) electrons. The SMILES string of the molecule is COC(=O)c1cccc(-c2ccc(/C=C3/C(=O)NC(=O)N(c4ccc(C)c(Cl)c4)C3=O)o2)c1C. The minimum atomic E-state index is -0.873. The summed E-state index contributed by atoms with van der Waals surface area (Å²) < 4.78 is 10.6. The maximum atomic E-state index is 13.1. The lowest BCUT2D eigenvalue weighted by Gasteiger charge is -2.26. The van der Waals surface area contributed by atoms with Crippen molar-refractivity contribution in [1.82, 2.24) is 5.32 Å². The van der Waals surface area contributed by atoms with E-state index in [9.17, 15) is 19.2 Å². The number of esters is 1. The molecule has 0 atom stereocenters. The summed E-state index contributed by atoms with van der Waals surface area (Å²) in [7, 11) is 1.30. The Bertz CT molecular complexity index is 1390. The van der Waals surface area contributed by atoms with E-state index < -0.39 is 23.8 Å². The number of imide groups is 2. The molecule has 1 N–H and O–H groups in total. The van der Waals surface area contributed by atoms with Crippen LogP contribution in [0.5, 0.6) is 0 Å². The Labute approximate surface area is 199 Å². The van der Waals surface area contributed by atoms with Gasteiger partial charge in [0.1, 0.15) is 17.1 Å². The van der Waals surface area contributed by atoms with Gasteiger partial charge in [-0.25, -0.2) is 14.5 Å². The number of barbiturate groups is 1. The van der Waals surface area contributed by atoms with E-state index in [1.165, 1.54) is 19.3 Å². The van der Waals surface area contributed by atoms with Crippen LogP contribution in [-0.4, -0.2) is 30.9 Å². The van der Waals surface area contributed by atoms with Crippen molar-refractivity contribution in [3.8, 4) is 11.3 Å². The molecule has 1 aromatic heterocycles. The minimum Gasteiger partial charge on any atom is -0.465 e. The summed E-state index contributed by atoms with van der Waals surface area (Å²) in [5.74, 6) is -1.48. The van der Waals surface area contributed by atoms with E-state index in [0.717, 1.165) is 10.5 Å². The van der Waals surface area contributed by atoms with Crippen molar-refractivity contribution in [2.45, 2.75) is 13.8 Å². The van der Waals surface area contributed by atoms with Crippen LogP contribution >= 0.6 is 11.6 Å². The average Bonchev–Trinajstić information content (AvgIpc) is 3.27. The van der Waals surface area contributed by atoms with Crippen LogP contribution in [0.2, 0.25) is 5.02 Å². The molecule has 3 aromatic rings. The van der Waals surface area contributed by atoms with Crippen LogP contribution in [0, 0.1) is 13.8 Å². The van der Waals surface area contributed by atoms with Gasteiger partial charge in [-0.3, -0.25) is 14.9 Å². The van der Waals surface area contributed by atoms with Crippen molar-refractivity contribution >= 4 is 47.2 Å². The van der Waals surface area contributed by atoms with E-state index in [-0.39, 0.29) is 17.0 Å². The van der Waals surface area contributed by atoms with Gasteiger partial charge < -0.3 is 9.15 Å². The predicted octanol–water partition coefficient (Wildman–Crippen LogP) is 4.67. The molecule has 1 fully saturated rings. The molecule has 0 aliphatic carbocycles. The van der Waals surface area contributed by atoms with Gasteiger partial charge in [0.15, 0.2) is 0 Å². The number of rotatable bonds is 4. The van der Waals surface area contributed by atoms with Crippen LogP contribution in [0.15, 0.2) is 58.5 Å². The number of amides is 4. The Kier molecular flexibility index (Phi) is 6.08. The summed E-state index contributed by atoms with van der Waals surface area (Å²) in [4.78, 5) is 50.7. The van der Waals surface area contributed by atoms with E-state index in [4.69, 9.17) is 20.8 Å². The molecule has 0 saturated carbocycles. The highest BCUT2D eigenvalue weighted by Crippen LogP contribution is 2.30. The van der Waals surface area contributed by atoms with Gasteiger partial charge in [-0.05, 0) is 61.4 Å². The monoisotopic (exact) mass is 478 g/mol. The number of nitrogens with one attached hydrogen (secondary N) is 1. The number of carbonyl (C=O) groups excluding carboxylic acids is 4. The van der Waals surface area contributed by atoms with Crippen molar-refractivity contribution in [1.29, 1.82) is 0 Å². The van der Waals surface area contributed by atoms with Crippen LogP contribution in [0.25, 0.3) is 17.4 Å². The number of hydrogen-bond acceptors (Lipinski definition) is 6. The predicted molar refractivity (Wildman–Crippen MR) is 125 cm³/mol. The fraction of sp³-hybridized carbons (Fsp3) is 0.120. The molecule has 1 aliphatic heterocycles. The van der Waals surface area contributed by atoms with Crippen molar-refractivity contribution in [2.75, 3.05) is 12.0 Å². The second kappa shape index (κ2) is 8.99. The highest BCUT2D eigenvalue weighted by atomic mass is 35.5. The number of anilines is 1. The summed E-state index contributed by atoms with van der Waals surface area (Å²) in [6, 6.07) is 12.2. The minimum absolute atomic E-state index is 0.215. The normalized spacial score (nSPS) is 15.0. The lowest BCUT2D eigenvalue weighted by molar-refractivity contribution is -0.122. The first kappa shape index (κ1) is 23.0. The third-order valence-corrected chi connectivity index (χ3v) is 5.84. The molecule has 4 amide bonds. The molecule has 172 valence electrons. The van der Waals surface area contributed by atoms with Gasteiger partial charge in [-0.15, -0.1) is 0 Å². The van der Waals surface area contributed by atoms with Gasteiger partial charge in [0, 0.05) is 10.6 Å². The number of nitrogens with zero attached hydrogens (tertiary/aromatic N) is 1. The van der Waals surface area contributed by atoms with Crippen LogP contribution < -0.4 is 10.2 Å². The standard InChI is InChI=1S/C25H19ClN2O6/c1-13-7-8-15(11-20(13)26)28-23(30)19(22(29)27-25(28)32)12-16-9-10-21(34-16)17-5-4-6-18(14(17)2)24(31)33-3/h4-12H,1-3H3,(H,27,29,32)/b19-12-. The van der Waals surface area contributed by atoms with Crippen molar-refractivity contribution < 1.29 is 28.3 Å². The van der Waals surface area contributed by atoms with Gasteiger partial charge in [-0.1, -0.05) is 29.8 Å². The third-order valence-electron chi connectivity index (χ3n) is 5.43. The quantitative estimate of drug-likeness (QED) is 0.332. The average molecular weight is 479 g/mol. The maximum Gasteiger partial charge on any atom is 0.338 e. The van der Waals surface area contributed by atoms with Crippen molar-refractivity contribution in [3.63, 3.8) is 0 Å². The molecular weight excluding hydrogens is 460 g/mol. The zero-order chi connectivity index (χ0) is 24.6. The number of urea groups is 1. The summed E-state index contributed by atoms with van der Waals surface area (Å²) in [5.41, 5.74) is 2.42. The summed E-state index contributed by atoms with van der Waals surface area (Å²) in [6.45, 7) is 3.55. The first-order valence-electron chi connectivity index (χ1n) is 10.2. The first-order valence-corrected chi connectivity index (χ1v) is 10.5. The van der Waals surface area contributed by atoms with Crippen LogP contribution in [0.1, 0.15) is 27.2 Å². The molecule has 0 unspecified atom stereocenters. The van der Waals surface area contributed by atoms with Crippen LogP contribution in [0.4, 0.5) is 10.5 Å². The molecular formula is C25H19ClN2O6. The van der Waals surface area contributed by atoms with Gasteiger partial charge in [0.2, 0.25) is 0 Å². The molecule has 2 aromatic carbocycles. The van der Waals surface area contributed by atoms with E-state index in [1.54, 1.807) is 56.3 Å². The molecule has 0 spiro atoms. The van der Waals surface area contributed by atoms with E-state index >= 15 is 0 Å². The lowest BCUT2D eigenvalue weighted by Crippen LogP contribution is -2.54. The van der Waals surface area contributed by atoms with E-state index in [0.29, 0.717) is 27.5 Å². The van der Waals surface area contributed by atoms with Gasteiger partial charge in [0.25, 0.3) is 11.8 Å². The Morgan fingerprint density at radius 3 is 2.56 bits per heavy atom. The summed E-state index contributed by atoms with van der Waals surface area (Å²) in [5, 5.41) is 2.54. The molecule has 2 heterocycles. The van der Waals surface area contributed by atoms with Crippen LogP contribution in [-0.2, 0) is 14.3 Å². The number of aryl methyl sites for hydroxylation is 1. The molecule has 0 bridgehead atoms. The Morgan fingerprint density at radius 1 is 1.09 bits per heavy atom. The second-order valence-electron chi connectivity index (χ2n) is 7.56. The third kappa shape index (κ3) is 4.11. The Balaban J connectivity index is 1.69. The number of methoxy groups -OCH3 is 1. The van der Waals surface area contributed by atoms with Gasteiger partial charge in [0.05, 0.1) is 18.4 Å². The summed E-state index contributed by atoms with van der Waals surface area (Å²) >= 11 is 6.14. The molecule has 9 heteroatoms. The smallest absolute Gasteiger partial charge is 0.338 e. The molecule has 4 rings (SSSR count). The number of furan rings is 1. The Hall–Kier alpha value is -4.17. The largest absolute Gasteiger partial charge is 0.465 e. The topological polar surface area (TPSA) is 106 Å². The second-order valence-corrected chi connectivity index (χ2v) is 7.97. The van der Waals surface area contributed by atoms with E-state index in [1.807, 2.05) is 0 Å². The number of halogens is 1. The zero-order valence-corrected chi connectivity index (χ0v) is 19.2. The highest BCUT2D eigenvalue weighted by molar-refractivity contribution is 6.39. The first-order chi connectivity index (χ1) is 16.2. The van der Waals surface area contributed by atoms with Crippen LogP contribution in [0.3, 0.4) is 0 Å². The lowest BCUT2D eigenvalue weighted by atomic mass is 10.0. The number of ether oxygens (including phenoxy) is 1. The van der Waals surface area contributed by atoms with E-state index in [2.05, 4.69) is 5.32 Å². The number of carbonyl (C=O) groups is 4. The zero-order valence-electron chi connectivity index (χ0n) is 18.5. The van der Waals surface area contributed by atoms with Gasteiger partial charge in [-0.2, -0.15) is 0 Å². The van der Waals surface area contributed by atoms with Gasteiger partial charge >= 0.3 is 12.0 Å². The number of benzene rings is 2. The van der Waals surface area contributed by atoms with Crippen molar-refractivity contribution in [2.24, 2.45) is 0 Å². The highest BCUT2D eigenvalue weighted by Gasteiger charge is 2.37. The molecule has 1 saturated heterocycles. The summed E-state index contributed by atoms with van der Waals surface area (Å²) in [6.07, 6.45) is 1.26. The molecule has 8 nitrogen and oxygen atoms in total. The number of hydrogen-bond donors (Lipinski definition) is 1. The van der Waals surface area contributed by atoms with Crippen molar-refractivity contribution in [3.05, 3.63) is 81.6 Å². The maximum absolute atomic E-state index is 13.1. The fourth-order valence-electron chi connectivity index (χ4n) is 3.56. The Morgan fingerprint density at radius 2 is 1.85 bits per heavy atom. The molecule has 1 aliphatic rings.